The van der Waals surface area contributed by atoms with E-state index in [1.165, 1.54) is 23.3 Å². The minimum absolute atomic E-state index is 0.0258. The molecule has 0 spiro atoms. The number of rotatable bonds is 5. The molecule has 11 heteroatoms. The van der Waals surface area contributed by atoms with Crippen molar-refractivity contribution < 1.29 is 9.72 Å². The lowest BCUT2D eigenvalue weighted by Gasteiger charge is -2.10. The first-order valence-corrected chi connectivity index (χ1v) is 7.65. The zero-order valence-corrected chi connectivity index (χ0v) is 14.0. The predicted molar refractivity (Wildman–Crippen MR) is 91.0 cm³/mol. The number of amides is 1. The first-order valence-electron chi connectivity index (χ1n) is 6.86. The number of hydrogen-bond acceptors (Lipinski definition) is 7. The van der Waals surface area contributed by atoms with Crippen LogP contribution in [-0.2, 0) is 0 Å². The Kier molecular flexibility index (Phi) is 4.66. The monoisotopic (exact) mass is 403 g/mol. The van der Waals surface area contributed by atoms with E-state index in [1.54, 1.807) is 24.3 Å². The third-order valence-corrected chi connectivity index (χ3v) is 3.66. The number of nitrogens with zero attached hydrogens (tertiary/aromatic N) is 5. The quantitative estimate of drug-likeness (QED) is 0.492. The first-order chi connectivity index (χ1) is 12.1. The highest BCUT2D eigenvalue weighted by atomic mass is 79.9. The lowest BCUT2D eigenvalue weighted by molar-refractivity contribution is -0.384. The summed E-state index contributed by atoms with van der Waals surface area (Å²) < 4.78 is 2.20. The van der Waals surface area contributed by atoms with Crippen LogP contribution < -0.4 is 10.9 Å². The van der Waals surface area contributed by atoms with Gasteiger partial charge in [0.25, 0.3) is 5.91 Å². The predicted octanol–water partition coefficient (Wildman–Crippen LogP) is 2.09. The summed E-state index contributed by atoms with van der Waals surface area (Å²) >= 11 is 3.28. The Morgan fingerprint density at radius 2 is 2.00 bits per heavy atom. The second kappa shape index (κ2) is 7.05. The fourth-order valence-electron chi connectivity index (χ4n) is 1.99. The highest BCUT2D eigenvalue weighted by Crippen LogP contribution is 2.26. The topological polar surface area (TPSA) is 128 Å². The van der Waals surface area contributed by atoms with Gasteiger partial charge in [-0.05, 0) is 24.3 Å². The molecule has 0 fully saturated rings. The van der Waals surface area contributed by atoms with Crippen LogP contribution in [0.5, 0.6) is 0 Å². The van der Waals surface area contributed by atoms with Gasteiger partial charge in [-0.25, -0.2) is 15.0 Å². The summed E-state index contributed by atoms with van der Waals surface area (Å²) in [5.41, 5.74) is 4.84. The van der Waals surface area contributed by atoms with Crippen LogP contribution in [0.4, 0.5) is 11.5 Å². The van der Waals surface area contributed by atoms with E-state index in [-0.39, 0.29) is 11.6 Å². The van der Waals surface area contributed by atoms with Crippen molar-refractivity contribution in [2.24, 2.45) is 0 Å². The molecular weight excluding hydrogens is 394 g/mol. The SMILES string of the molecule is O=C(NNc1ncnc(-n2ccnc2)c1[N+](=O)[O-])c1ccc(Br)cc1. The molecule has 2 heterocycles. The number of halogens is 1. The molecule has 0 aliphatic rings. The fraction of sp³-hybridized carbons (Fsp3) is 0. The number of nitrogens with one attached hydrogen (secondary N) is 2. The fourth-order valence-corrected chi connectivity index (χ4v) is 2.26. The Bertz CT molecular complexity index is 913. The van der Waals surface area contributed by atoms with Crippen molar-refractivity contribution in [1.29, 1.82) is 0 Å². The zero-order valence-electron chi connectivity index (χ0n) is 12.5. The molecule has 0 saturated heterocycles. The van der Waals surface area contributed by atoms with Gasteiger partial charge in [-0.2, -0.15) is 0 Å². The molecule has 3 aromatic rings. The van der Waals surface area contributed by atoms with Gasteiger partial charge < -0.3 is 0 Å². The molecular formula is C14H10BrN7O3. The standard InChI is InChI=1S/C14H10BrN7O3/c15-10-3-1-9(2-4-10)14(23)20-19-12-11(22(24)25)13(18-7-17-12)21-6-5-16-8-21/h1-8H,(H,20,23)(H,17,18,19). The second-order valence-corrected chi connectivity index (χ2v) is 5.62. The maximum absolute atomic E-state index is 12.1. The van der Waals surface area contributed by atoms with Crippen LogP contribution in [0.2, 0.25) is 0 Å². The van der Waals surface area contributed by atoms with E-state index >= 15 is 0 Å². The zero-order chi connectivity index (χ0) is 17.8. The van der Waals surface area contributed by atoms with E-state index in [9.17, 15) is 14.9 Å². The van der Waals surface area contributed by atoms with Gasteiger partial charge in [-0.15, -0.1) is 0 Å². The lowest BCUT2D eigenvalue weighted by Crippen LogP contribution is -2.30. The average molecular weight is 404 g/mol. The lowest BCUT2D eigenvalue weighted by atomic mass is 10.2. The Labute approximate surface area is 149 Å². The molecule has 10 nitrogen and oxygen atoms in total. The van der Waals surface area contributed by atoms with E-state index in [0.717, 1.165) is 10.8 Å². The van der Waals surface area contributed by atoms with Crippen molar-refractivity contribution in [3.05, 3.63) is 69.5 Å². The molecule has 3 rings (SSSR count). The number of hydrogen-bond donors (Lipinski definition) is 2. The van der Waals surface area contributed by atoms with E-state index in [4.69, 9.17) is 0 Å². The van der Waals surface area contributed by atoms with E-state index < -0.39 is 16.5 Å². The number of benzene rings is 1. The molecule has 0 saturated carbocycles. The van der Waals surface area contributed by atoms with Crippen LogP contribution in [0.1, 0.15) is 10.4 Å². The summed E-state index contributed by atoms with van der Waals surface area (Å²) in [5.74, 6) is -0.586. The molecule has 0 aliphatic heterocycles. The smallest absolute Gasteiger partial charge is 0.285 e. The third-order valence-electron chi connectivity index (χ3n) is 3.14. The van der Waals surface area contributed by atoms with Gasteiger partial charge in [0.15, 0.2) is 0 Å². The van der Waals surface area contributed by atoms with Gasteiger partial charge in [0.2, 0.25) is 11.6 Å². The van der Waals surface area contributed by atoms with Gasteiger partial charge >= 0.3 is 5.69 Å². The van der Waals surface area contributed by atoms with Gasteiger partial charge in [0.05, 0.1) is 4.92 Å². The third kappa shape index (κ3) is 3.61. The van der Waals surface area contributed by atoms with Crippen LogP contribution in [0.15, 0.2) is 53.8 Å². The molecule has 2 aromatic heterocycles. The van der Waals surface area contributed by atoms with E-state index in [0.29, 0.717) is 5.56 Å². The van der Waals surface area contributed by atoms with Crippen molar-refractivity contribution in [1.82, 2.24) is 24.9 Å². The van der Waals surface area contributed by atoms with Crippen molar-refractivity contribution in [3.8, 4) is 5.82 Å². The van der Waals surface area contributed by atoms with Crippen molar-refractivity contribution in [2.75, 3.05) is 5.43 Å². The van der Waals surface area contributed by atoms with Gasteiger partial charge in [0, 0.05) is 22.4 Å². The number of anilines is 1. The molecule has 0 atom stereocenters. The largest absolute Gasteiger partial charge is 0.355 e. The normalized spacial score (nSPS) is 10.3. The molecule has 0 unspecified atom stereocenters. The molecule has 2 N–H and O–H groups in total. The number of carbonyl (C=O) groups excluding carboxylic acids is 1. The summed E-state index contributed by atoms with van der Waals surface area (Å²) in [5, 5.41) is 11.4. The Morgan fingerprint density at radius 1 is 1.24 bits per heavy atom. The highest BCUT2D eigenvalue weighted by molar-refractivity contribution is 9.10. The molecule has 25 heavy (non-hydrogen) atoms. The molecule has 0 radical (unpaired) electrons. The number of aromatic nitrogens is 4. The molecule has 1 aromatic carbocycles. The van der Waals surface area contributed by atoms with Crippen LogP contribution in [-0.4, -0.2) is 30.3 Å². The Balaban J connectivity index is 1.85. The Hall–Kier alpha value is -3.34. The van der Waals surface area contributed by atoms with Crippen molar-refractivity contribution >= 4 is 33.3 Å². The minimum atomic E-state index is -0.635. The van der Waals surface area contributed by atoms with Gasteiger partial charge in [-0.1, -0.05) is 15.9 Å². The summed E-state index contributed by atoms with van der Waals surface area (Å²) in [7, 11) is 0. The van der Waals surface area contributed by atoms with E-state index in [1.807, 2.05) is 0 Å². The van der Waals surface area contributed by atoms with E-state index in [2.05, 4.69) is 41.7 Å². The van der Waals surface area contributed by atoms with Crippen molar-refractivity contribution in [2.45, 2.75) is 0 Å². The molecule has 0 aliphatic carbocycles. The minimum Gasteiger partial charge on any atom is -0.285 e. The summed E-state index contributed by atoms with van der Waals surface area (Å²) in [6.45, 7) is 0. The van der Waals surface area contributed by atoms with Crippen LogP contribution in [0, 0.1) is 10.1 Å². The second-order valence-electron chi connectivity index (χ2n) is 4.71. The van der Waals surface area contributed by atoms with Crippen LogP contribution in [0.25, 0.3) is 5.82 Å². The number of imidazole rings is 1. The number of nitro groups is 1. The highest BCUT2D eigenvalue weighted by Gasteiger charge is 2.24. The first kappa shape index (κ1) is 16.5. The summed E-state index contributed by atoms with van der Waals surface area (Å²) in [4.78, 5) is 34.5. The van der Waals surface area contributed by atoms with Crippen molar-refractivity contribution in [3.63, 3.8) is 0 Å². The Morgan fingerprint density at radius 3 is 2.64 bits per heavy atom. The molecule has 126 valence electrons. The average Bonchev–Trinajstić information content (AvgIpc) is 3.14. The van der Waals surface area contributed by atoms with Crippen LogP contribution in [0.3, 0.4) is 0 Å². The van der Waals surface area contributed by atoms with Gasteiger partial charge in [-0.3, -0.25) is 30.3 Å². The molecule has 1 amide bonds. The maximum atomic E-state index is 12.1. The number of hydrazine groups is 1. The summed E-state index contributed by atoms with van der Waals surface area (Å²) in [6, 6.07) is 6.62. The van der Waals surface area contributed by atoms with Crippen LogP contribution >= 0.6 is 15.9 Å². The summed E-state index contributed by atoms with van der Waals surface area (Å²) in [6.07, 6.45) is 5.50. The maximum Gasteiger partial charge on any atom is 0.355 e. The number of carbonyl (C=O) groups is 1. The molecule has 0 bridgehead atoms. The van der Waals surface area contributed by atoms with Gasteiger partial charge in [0.1, 0.15) is 12.7 Å².